The van der Waals surface area contributed by atoms with Gasteiger partial charge in [-0.25, -0.2) is 0 Å². The fraction of sp³-hybridized carbons (Fsp3) is 1.00. The Hall–Kier alpha value is -0.170. The van der Waals surface area contributed by atoms with Gasteiger partial charge in [0.2, 0.25) is 0 Å². The predicted molar refractivity (Wildman–Crippen MR) is 81.8 cm³/mol. The zero-order valence-electron chi connectivity index (χ0n) is 13.0. The molecule has 1 unspecified atom stereocenters. The Morgan fingerprint density at radius 1 is 1.15 bits per heavy atom. The van der Waals surface area contributed by atoms with Gasteiger partial charge in [-0.2, -0.15) is 17.0 Å². The number of hydrogen-bond acceptors (Lipinski definition) is 3. The van der Waals surface area contributed by atoms with E-state index in [1.807, 2.05) is 7.05 Å². The predicted octanol–water partition coefficient (Wildman–Crippen LogP) is 1.43. The molecule has 1 aliphatic carbocycles. The van der Waals surface area contributed by atoms with Crippen LogP contribution in [0.1, 0.15) is 45.4 Å². The molecule has 0 amide bonds. The van der Waals surface area contributed by atoms with Gasteiger partial charge < -0.3 is 5.32 Å². The van der Waals surface area contributed by atoms with E-state index in [-0.39, 0.29) is 6.04 Å². The zero-order chi connectivity index (χ0) is 14.8. The molecule has 6 heteroatoms. The standard InChI is InChI=1S/C14H29N3O2S/c1-12-5-4-10-17(11-12)20(18,19)16(3)14-8-6-13(15-2)7-9-14/h12-15H,4-11H2,1-3H3. The van der Waals surface area contributed by atoms with Crippen LogP contribution < -0.4 is 5.32 Å². The van der Waals surface area contributed by atoms with Crippen LogP contribution in [0.4, 0.5) is 0 Å². The third-order valence-electron chi connectivity index (χ3n) is 4.93. The summed E-state index contributed by atoms with van der Waals surface area (Å²) in [6.07, 6.45) is 6.19. The van der Waals surface area contributed by atoms with Crippen molar-refractivity contribution in [2.45, 2.75) is 57.5 Å². The third kappa shape index (κ3) is 3.53. The Morgan fingerprint density at radius 2 is 1.80 bits per heavy atom. The Morgan fingerprint density at radius 3 is 2.35 bits per heavy atom. The van der Waals surface area contributed by atoms with Crippen molar-refractivity contribution in [3.05, 3.63) is 0 Å². The Bertz CT molecular complexity index is 405. The molecule has 1 saturated heterocycles. The summed E-state index contributed by atoms with van der Waals surface area (Å²) in [5.41, 5.74) is 0. The van der Waals surface area contributed by atoms with Gasteiger partial charge >= 0.3 is 0 Å². The first kappa shape index (κ1) is 16.2. The Balaban J connectivity index is 1.98. The van der Waals surface area contributed by atoms with Crippen LogP contribution >= 0.6 is 0 Å². The van der Waals surface area contributed by atoms with E-state index in [9.17, 15) is 8.42 Å². The molecule has 2 rings (SSSR count). The fourth-order valence-corrected chi connectivity index (χ4v) is 5.21. The second-order valence-corrected chi connectivity index (χ2v) is 8.41. The monoisotopic (exact) mass is 303 g/mol. The van der Waals surface area contributed by atoms with E-state index in [1.54, 1.807) is 15.7 Å². The normalized spacial score (nSPS) is 33.5. The van der Waals surface area contributed by atoms with Crippen molar-refractivity contribution in [3.63, 3.8) is 0 Å². The Labute approximate surface area is 123 Å². The number of rotatable bonds is 4. The smallest absolute Gasteiger partial charge is 0.281 e. The average Bonchev–Trinajstić information content (AvgIpc) is 2.46. The van der Waals surface area contributed by atoms with E-state index < -0.39 is 10.2 Å². The van der Waals surface area contributed by atoms with Crippen LogP contribution in [0.2, 0.25) is 0 Å². The summed E-state index contributed by atoms with van der Waals surface area (Å²) < 4.78 is 28.8. The number of hydrogen-bond donors (Lipinski definition) is 1. The summed E-state index contributed by atoms with van der Waals surface area (Å²) in [6.45, 7) is 3.50. The topological polar surface area (TPSA) is 52.7 Å². The summed E-state index contributed by atoms with van der Waals surface area (Å²) in [7, 11) is 0.477. The minimum Gasteiger partial charge on any atom is -0.317 e. The van der Waals surface area contributed by atoms with Crippen LogP contribution in [0, 0.1) is 5.92 Å². The van der Waals surface area contributed by atoms with Crippen molar-refractivity contribution in [1.82, 2.24) is 13.9 Å². The summed E-state index contributed by atoms with van der Waals surface area (Å²) in [5, 5.41) is 3.29. The molecule has 1 aliphatic heterocycles. The van der Waals surface area contributed by atoms with E-state index in [1.165, 1.54) is 0 Å². The van der Waals surface area contributed by atoms with Gasteiger partial charge in [0.25, 0.3) is 10.2 Å². The van der Waals surface area contributed by atoms with Gasteiger partial charge in [0.1, 0.15) is 0 Å². The van der Waals surface area contributed by atoms with Gasteiger partial charge in [-0.1, -0.05) is 6.92 Å². The van der Waals surface area contributed by atoms with Crippen molar-refractivity contribution in [2.24, 2.45) is 5.92 Å². The van der Waals surface area contributed by atoms with Crippen LogP contribution in [-0.2, 0) is 10.2 Å². The highest BCUT2D eigenvalue weighted by molar-refractivity contribution is 7.86. The number of nitrogens with one attached hydrogen (secondary N) is 1. The van der Waals surface area contributed by atoms with E-state index >= 15 is 0 Å². The molecule has 0 spiro atoms. The third-order valence-corrected chi connectivity index (χ3v) is 6.94. The lowest BCUT2D eigenvalue weighted by Gasteiger charge is -2.38. The van der Waals surface area contributed by atoms with Crippen LogP contribution in [0.15, 0.2) is 0 Å². The second kappa shape index (κ2) is 6.73. The molecule has 0 radical (unpaired) electrons. The zero-order valence-corrected chi connectivity index (χ0v) is 13.8. The molecule has 1 atom stereocenters. The summed E-state index contributed by atoms with van der Waals surface area (Å²) >= 11 is 0. The molecule has 2 aliphatic rings. The maximum Gasteiger partial charge on any atom is 0.281 e. The molecule has 20 heavy (non-hydrogen) atoms. The van der Waals surface area contributed by atoms with Gasteiger partial charge in [-0.15, -0.1) is 0 Å². The Kier molecular flexibility index (Phi) is 5.45. The van der Waals surface area contributed by atoms with Gasteiger partial charge in [0.15, 0.2) is 0 Å². The van der Waals surface area contributed by atoms with E-state index in [2.05, 4.69) is 12.2 Å². The first-order valence-corrected chi connectivity index (χ1v) is 9.25. The molecule has 0 aromatic rings. The lowest BCUT2D eigenvalue weighted by Crippen LogP contribution is -2.51. The molecule has 118 valence electrons. The van der Waals surface area contributed by atoms with Crippen LogP contribution in [0.25, 0.3) is 0 Å². The summed E-state index contributed by atoms with van der Waals surface area (Å²) in [6, 6.07) is 0.721. The molecule has 2 fully saturated rings. The van der Waals surface area contributed by atoms with Gasteiger partial charge in [-0.05, 0) is 51.5 Å². The minimum absolute atomic E-state index is 0.168. The second-order valence-electron chi connectivity index (χ2n) is 6.42. The highest BCUT2D eigenvalue weighted by Gasteiger charge is 2.35. The fourth-order valence-electron chi connectivity index (χ4n) is 3.45. The maximum atomic E-state index is 12.7. The first-order valence-electron chi connectivity index (χ1n) is 7.85. The van der Waals surface area contributed by atoms with Crippen molar-refractivity contribution < 1.29 is 8.42 Å². The van der Waals surface area contributed by atoms with Crippen molar-refractivity contribution in [3.8, 4) is 0 Å². The van der Waals surface area contributed by atoms with E-state index in [0.717, 1.165) is 38.5 Å². The van der Waals surface area contributed by atoms with Crippen molar-refractivity contribution in [2.75, 3.05) is 27.2 Å². The maximum absolute atomic E-state index is 12.7. The van der Waals surface area contributed by atoms with Crippen LogP contribution in [0.5, 0.6) is 0 Å². The summed E-state index contributed by atoms with van der Waals surface area (Å²) in [4.78, 5) is 0. The van der Waals surface area contributed by atoms with Gasteiger partial charge in [-0.3, -0.25) is 0 Å². The largest absolute Gasteiger partial charge is 0.317 e. The first-order chi connectivity index (χ1) is 9.45. The average molecular weight is 303 g/mol. The van der Waals surface area contributed by atoms with Gasteiger partial charge in [0, 0.05) is 32.2 Å². The number of piperidine rings is 1. The van der Waals surface area contributed by atoms with Crippen LogP contribution in [-0.4, -0.2) is 56.3 Å². The minimum atomic E-state index is -3.27. The molecule has 1 heterocycles. The van der Waals surface area contributed by atoms with Gasteiger partial charge in [0.05, 0.1) is 0 Å². The lowest BCUT2D eigenvalue weighted by atomic mass is 9.91. The molecular weight excluding hydrogens is 274 g/mol. The SMILES string of the molecule is CNC1CCC(N(C)S(=O)(=O)N2CCCC(C)C2)CC1. The highest BCUT2D eigenvalue weighted by Crippen LogP contribution is 2.27. The molecule has 1 N–H and O–H groups in total. The highest BCUT2D eigenvalue weighted by atomic mass is 32.2. The molecule has 1 saturated carbocycles. The molecule has 0 aromatic carbocycles. The van der Waals surface area contributed by atoms with E-state index in [0.29, 0.717) is 25.0 Å². The quantitative estimate of drug-likeness (QED) is 0.855. The molecular formula is C14H29N3O2S. The summed E-state index contributed by atoms with van der Waals surface area (Å²) in [5.74, 6) is 0.479. The van der Waals surface area contributed by atoms with Crippen LogP contribution in [0.3, 0.4) is 0 Å². The molecule has 0 bridgehead atoms. The lowest BCUT2D eigenvalue weighted by molar-refractivity contribution is 0.220. The van der Waals surface area contributed by atoms with Crippen molar-refractivity contribution >= 4 is 10.2 Å². The van der Waals surface area contributed by atoms with Crippen molar-refractivity contribution in [1.29, 1.82) is 0 Å². The van der Waals surface area contributed by atoms with E-state index in [4.69, 9.17) is 0 Å². The molecule has 5 nitrogen and oxygen atoms in total. The molecule has 0 aromatic heterocycles. The number of nitrogens with zero attached hydrogens (tertiary/aromatic N) is 2.